The second-order valence-electron chi connectivity index (χ2n) is 7.71. The average molecular weight is 382 g/mol. The fraction of sp³-hybridized carbons (Fsp3) is 0.550. The lowest BCUT2D eigenvalue weighted by Gasteiger charge is -2.37. The Balaban J connectivity index is 1.35. The topological polar surface area (TPSA) is 84.2 Å². The zero-order valence-corrected chi connectivity index (χ0v) is 16.5. The van der Waals surface area contributed by atoms with E-state index in [1.165, 1.54) is 0 Å². The summed E-state index contributed by atoms with van der Waals surface area (Å²) in [7, 11) is 0. The zero-order chi connectivity index (χ0) is 19.7. The number of hydrogen-bond donors (Lipinski definition) is 0. The van der Waals surface area contributed by atoms with Gasteiger partial charge in [0, 0.05) is 50.6 Å². The average Bonchev–Trinajstić information content (AvgIpc) is 3.06. The monoisotopic (exact) mass is 382 g/mol. The molecule has 8 heteroatoms. The van der Waals surface area contributed by atoms with Gasteiger partial charge in [-0.05, 0) is 44.9 Å². The molecule has 0 unspecified atom stereocenters. The molecule has 148 valence electrons. The fourth-order valence-corrected chi connectivity index (χ4v) is 4.06. The molecule has 0 bridgehead atoms. The molecule has 2 fully saturated rings. The molecule has 0 N–H and O–H groups in total. The van der Waals surface area contributed by atoms with Crippen molar-refractivity contribution >= 4 is 17.5 Å². The van der Waals surface area contributed by atoms with E-state index in [0.717, 1.165) is 30.3 Å². The molecule has 0 atom stereocenters. The molecule has 2 aromatic heterocycles. The first-order chi connectivity index (χ1) is 13.5. The first-order valence-corrected chi connectivity index (χ1v) is 9.94. The largest absolute Gasteiger partial charge is 0.352 e. The van der Waals surface area contributed by atoms with E-state index in [2.05, 4.69) is 20.2 Å². The summed E-state index contributed by atoms with van der Waals surface area (Å²) in [6.07, 6.45) is 2.51. The summed E-state index contributed by atoms with van der Waals surface area (Å²) in [5.74, 6) is 2.04. The van der Waals surface area contributed by atoms with Crippen molar-refractivity contribution in [3.63, 3.8) is 0 Å². The van der Waals surface area contributed by atoms with E-state index >= 15 is 0 Å². The van der Waals surface area contributed by atoms with Gasteiger partial charge in [-0.3, -0.25) is 9.59 Å². The van der Waals surface area contributed by atoms with E-state index in [1.807, 2.05) is 36.9 Å². The van der Waals surface area contributed by atoms with Crippen LogP contribution in [0.1, 0.15) is 37.1 Å². The van der Waals surface area contributed by atoms with E-state index < -0.39 is 0 Å². The molecule has 28 heavy (non-hydrogen) atoms. The van der Waals surface area contributed by atoms with Crippen LogP contribution in [-0.4, -0.2) is 62.7 Å². The Hall–Kier alpha value is -2.77. The molecular weight excluding hydrogens is 356 g/mol. The van der Waals surface area contributed by atoms with Gasteiger partial charge in [-0.15, -0.1) is 10.2 Å². The molecule has 3 heterocycles. The van der Waals surface area contributed by atoms with Gasteiger partial charge >= 0.3 is 0 Å². The third-order valence-corrected chi connectivity index (χ3v) is 5.67. The number of carbonyl (C=O) groups excluding carboxylic acids is 2. The number of hydrogen-bond acceptors (Lipinski definition) is 6. The number of piperazine rings is 1. The van der Waals surface area contributed by atoms with Crippen molar-refractivity contribution < 1.29 is 9.59 Å². The predicted molar refractivity (Wildman–Crippen MR) is 104 cm³/mol. The predicted octanol–water partition coefficient (Wildman–Crippen LogP) is 1.69. The van der Waals surface area contributed by atoms with Crippen molar-refractivity contribution in [2.45, 2.75) is 39.5 Å². The molecule has 0 spiro atoms. The van der Waals surface area contributed by atoms with Crippen LogP contribution in [0.3, 0.4) is 0 Å². The maximum atomic E-state index is 12.7. The summed E-state index contributed by atoms with van der Waals surface area (Å²) in [6, 6.07) is 5.90. The second-order valence-corrected chi connectivity index (χ2v) is 7.71. The summed E-state index contributed by atoms with van der Waals surface area (Å²) >= 11 is 0. The summed E-state index contributed by atoms with van der Waals surface area (Å²) in [4.78, 5) is 28.2. The highest BCUT2D eigenvalue weighted by molar-refractivity contribution is 5.84. The molecule has 4 rings (SSSR count). The van der Waals surface area contributed by atoms with E-state index in [1.54, 1.807) is 4.68 Å². The van der Waals surface area contributed by atoms with Gasteiger partial charge in [0.1, 0.15) is 5.78 Å². The van der Waals surface area contributed by atoms with E-state index in [-0.39, 0.29) is 17.6 Å². The first kappa shape index (κ1) is 18.6. The Kier molecular flexibility index (Phi) is 5.11. The maximum absolute atomic E-state index is 12.7. The number of carbonyl (C=O) groups is 2. The lowest BCUT2D eigenvalue weighted by molar-refractivity contribution is -0.137. The van der Waals surface area contributed by atoms with Gasteiger partial charge < -0.3 is 9.80 Å². The molecule has 2 aliphatic rings. The molecule has 1 saturated carbocycles. The molecule has 1 aliphatic heterocycles. The van der Waals surface area contributed by atoms with Crippen LogP contribution in [0.5, 0.6) is 0 Å². The Morgan fingerprint density at radius 1 is 1.00 bits per heavy atom. The smallest absolute Gasteiger partial charge is 0.225 e. The second kappa shape index (κ2) is 7.69. The third-order valence-electron chi connectivity index (χ3n) is 5.67. The number of rotatable bonds is 3. The molecule has 1 amide bonds. The number of anilines is 1. The molecule has 1 aliphatic carbocycles. The summed E-state index contributed by atoms with van der Waals surface area (Å²) in [6.45, 7) is 6.80. The number of aryl methyl sites for hydroxylation is 2. The molecular formula is C20H26N6O2. The zero-order valence-electron chi connectivity index (χ0n) is 16.5. The van der Waals surface area contributed by atoms with Crippen molar-refractivity contribution in [1.82, 2.24) is 24.9 Å². The molecule has 0 radical (unpaired) electrons. The quantitative estimate of drug-likeness (QED) is 0.803. The van der Waals surface area contributed by atoms with Gasteiger partial charge in [-0.2, -0.15) is 5.10 Å². The van der Waals surface area contributed by atoms with Crippen molar-refractivity contribution in [3.8, 4) is 5.82 Å². The Bertz CT molecular complexity index is 857. The van der Waals surface area contributed by atoms with Gasteiger partial charge in [0.15, 0.2) is 11.6 Å². The van der Waals surface area contributed by atoms with Crippen molar-refractivity contribution in [2.24, 2.45) is 5.92 Å². The molecule has 0 aromatic carbocycles. The van der Waals surface area contributed by atoms with Gasteiger partial charge in [0.2, 0.25) is 5.91 Å². The van der Waals surface area contributed by atoms with Crippen LogP contribution >= 0.6 is 0 Å². The molecule has 8 nitrogen and oxygen atoms in total. The van der Waals surface area contributed by atoms with Crippen LogP contribution in [0.4, 0.5) is 5.82 Å². The lowest BCUT2D eigenvalue weighted by atomic mass is 9.87. The minimum absolute atomic E-state index is 0.0177. The van der Waals surface area contributed by atoms with Crippen LogP contribution in [-0.2, 0) is 9.59 Å². The van der Waals surface area contributed by atoms with Crippen molar-refractivity contribution in [3.05, 3.63) is 29.6 Å². The van der Waals surface area contributed by atoms with E-state index in [0.29, 0.717) is 44.6 Å². The minimum Gasteiger partial charge on any atom is -0.352 e. The molecule has 1 saturated heterocycles. The Morgan fingerprint density at radius 2 is 1.64 bits per heavy atom. The summed E-state index contributed by atoms with van der Waals surface area (Å²) in [5, 5.41) is 13.1. The lowest BCUT2D eigenvalue weighted by Crippen LogP contribution is -2.51. The van der Waals surface area contributed by atoms with Crippen LogP contribution < -0.4 is 4.90 Å². The highest BCUT2D eigenvalue weighted by Crippen LogP contribution is 2.24. The SMILES string of the molecule is Cc1cc(C)n(-c2ccc(N3CCN(C(=O)C4CCC(=O)CC4)CC3)nn2)n1. The standard InChI is InChI=1S/C20H26N6O2/c1-14-13-15(2)26(23-14)19-8-7-18(21-22-19)24-9-11-25(12-10-24)20(28)16-3-5-17(27)6-4-16/h7-8,13,16H,3-6,9-12H2,1-2H3. The van der Waals surface area contributed by atoms with Crippen LogP contribution in [0.2, 0.25) is 0 Å². The summed E-state index contributed by atoms with van der Waals surface area (Å²) < 4.78 is 1.79. The number of ketones is 1. The summed E-state index contributed by atoms with van der Waals surface area (Å²) in [5.41, 5.74) is 1.97. The highest BCUT2D eigenvalue weighted by Gasteiger charge is 2.30. The van der Waals surface area contributed by atoms with Crippen molar-refractivity contribution in [1.29, 1.82) is 0 Å². The fourth-order valence-electron chi connectivity index (χ4n) is 4.06. The van der Waals surface area contributed by atoms with Crippen LogP contribution in [0, 0.1) is 19.8 Å². The van der Waals surface area contributed by atoms with Crippen LogP contribution in [0.25, 0.3) is 5.82 Å². The van der Waals surface area contributed by atoms with E-state index in [9.17, 15) is 9.59 Å². The van der Waals surface area contributed by atoms with Gasteiger partial charge in [-0.25, -0.2) is 4.68 Å². The van der Waals surface area contributed by atoms with Gasteiger partial charge in [-0.1, -0.05) is 0 Å². The van der Waals surface area contributed by atoms with Crippen LogP contribution in [0.15, 0.2) is 18.2 Å². The maximum Gasteiger partial charge on any atom is 0.225 e. The molecule has 2 aromatic rings. The normalized spacial score (nSPS) is 18.6. The van der Waals surface area contributed by atoms with Crippen molar-refractivity contribution in [2.75, 3.05) is 31.1 Å². The number of Topliss-reactive ketones (excluding diaryl/α,β-unsaturated/α-hetero) is 1. The Labute approximate surface area is 164 Å². The van der Waals surface area contributed by atoms with Gasteiger partial charge in [0.05, 0.1) is 5.69 Å². The third kappa shape index (κ3) is 3.76. The van der Waals surface area contributed by atoms with E-state index in [4.69, 9.17) is 0 Å². The first-order valence-electron chi connectivity index (χ1n) is 9.94. The minimum atomic E-state index is 0.0177. The highest BCUT2D eigenvalue weighted by atomic mass is 16.2. The number of nitrogens with zero attached hydrogens (tertiary/aromatic N) is 6. The number of aromatic nitrogens is 4. The van der Waals surface area contributed by atoms with Gasteiger partial charge in [0.25, 0.3) is 0 Å². The Morgan fingerprint density at radius 3 is 2.21 bits per heavy atom. The number of amides is 1.